The summed E-state index contributed by atoms with van der Waals surface area (Å²) >= 11 is 1.68. The first-order chi connectivity index (χ1) is 13.2. The van der Waals surface area contributed by atoms with Gasteiger partial charge in [0.25, 0.3) is 0 Å². The van der Waals surface area contributed by atoms with Gasteiger partial charge in [-0.1, -0.05) is 32.0 Å². The average molecular weight is 510 g/mol. The molecule has 2 aromatic heterocycles. The Kier molecular flexibility index (Phi) is 8.91. The Hall–Kier alpha value is -1.94. The maximum absolute atomic E-state index is 4.65. The number of aliphatic imine (C=N–C) groups is 1. The monoisotopic (exact) mass is 510 g/mol. The summed E-state index contributed by atoms with van der Waals surface area (Å²) < 4.78 is 1.87. The molecule has 0 atom stereocenters. The van der Waals surface area contributed by atoms with Crippen LogP contribution < -0.4 is 10.6 Å². The van der Waals surface area contributed by atoms with Gasteiger partial charge in [0.15, 0.2) is 5.96 Å². The van der Waals surface area contributed by atoms with E-state index >= 15 is 0 Å². The molecule has 0 spiro atoms. The van der Waals surface area contributed by atoms with Crippen molar-refractivity contribution in [1.82, 2.24) is 25.4 Å². The van der Waals surface area contributed by atoms with Crippen molar-refractivity contribution >= 4 is 41.3 Å². The summed E-state index contributed by atoms with van der Waals surface area (Å²) in [4.78, 5) is 9.30. The quantitative estimate of drug-likeness (QED) is 0.282. The number of hydrogen-bond acceptors (Lipinski definition) is 4. The Balaban J connectivity index is 0.00000280. The number of benzene rings is 1. The first kappa shape index (κ1) is 22.4. The van der Waals surface area contributed by atoms with E-state index in [1.807, 2.05) is 47.3 Å². The third-order valence-corrected chi connectivity index (χ3v) is 4.84. The molecule has 0 fully saturated rings. The fourth-order valence-electron chi connectivity index (χ4n) is 2.50. The van der Waals surface area contributed by atoms with E-state index in [2.05, 4.69) is 51.9 Å². The van der Waals surface area contributed by atoms with Crippen LogP contribution in [0.15, 0.2) is 53.0 Å². The zero-order valence-corrected chi connectivity index (χ0v) is 19.6. The molecule has 8 heteroatoms. The minimum Gasteiger partial charge on any atom is -0.357 e. The first-order valence-corrected chi connectivity index (χ1v) is 10.1. The van der Waals surface area contributed by atoms with Crippen molar-refractivity contribution in [3.63, 3.8) is 0 Å². The minimum absolute atomic E-state index is 0. The molecular weight excluding hydrogens is 483 g/mol. The molecule has 0 radical (unpaired) electrons. The van der Waals surface area contributed by atoms with Gasteiger partial charge in [-0.3, -0.25) is 0 Å². The molecule has 3 rings (SSSR count). The van der Waals surface area contributed by atoms with Gasteiger partial charge in [-0.15, -0.1) is 35.3 Å². The molecule has 0 amide bonds. The van der Waals surface area contributed by atoms with E-state index in [0.717, 1.165) is 34.6 Å². The molecule has 0 saturated heterocycles. The van der Waals surface area contributed by atoms with Crippen LogP contribution in [0.3, 0.4) is 0 Å². The zero-order chi connectivity index (χ0) is 19.1. The second-order valence-electron chi connectivity index (χ2n) is 6.46. The number of para-hydroxylation sites is 1. The van der Waals surface area contributed by atoms with E-state index in [-0.39, 0.29) is 24.0 Å². The van der Waals surface area contributed by atoms with Gasteiger partial charge >= 0.3 is 0 Å². The lowest BCUT2D eigenvalue weighted by Gasteiger charge is -2.09. The van der Waals surface area contributed by atoms with Crippen molar-refractivity contribution in [2.45, 2.75) is 39.8 Å². The van der Waals surface area contributed by atoms with Crippen LogP contribution >= 0.6 is 35.3 Å². The Morgan fingerprint density at radius 1 is 1.18 bits per heavy atom. The smallest absolute Gasteiger partial charge is 0.191 e. The molecule has 6 nitrogen and oxygen atoms in total. The fraction of sp³-hybridized carbons (Fsp3) is 0.350. The number of rotatable bonds is 7. The highest BCUT2D eigenvalue weighted by atomic mass is 127. The summed E-state index contributed by atoms with van der Waals surface area (Å²) in [6.45, 7) is 8.37. The zero-order valence-electron chi connectivity index (χ0n) is 16.4. The summed E-state index contributed by atoms with van der Waals surface area (Å²) in [5.74, 6) is 1.23. The number of halogens is 1. The van der Waals surface area contributed by atoms with Gasteiger partial charge in [0.05, 0.1) is 30.2 Å². The molecule has 0 aliphatic rings. The van der Waals surface area contributed by atoms with Crippen LogP contribution in [-0.4, -0.2) is 27.3 Å². The van der Waals surface area contributed by atoms with Crippen LogP contribution in [0.5, 0.6) is 0 Å². The van der Waals surface area contributed by atoms with E-state index in [0.29, 0.717) is 19.0 Å². The van der Waals surface area contributed by atoms with Crippen molar-refractivity contribution in [3.05, 3.63) is 64.4 Å². The van der Waals surface area contributed by atoms with Crippen LogP contribution in [0.25, 0.3) is 5.69 Å². The topological polar surface area (TPSA) is 67.1 Å². The highest BCUT2D eigenvalue weighted by Crippen LogP contribution is 2.17. The van der Waals surface area contributed by atoms with Crippen LogP contribution in [0.1, 0.15) is 43.1 Å². The normalized spacial score (nSPS) is 11.4. The van der Waals surface area contributed by atoms with E-state index in [4.69, 9.17) is 0 Å². The maximum atomic E-state index is 4.65. The molecule has 1 aromatic carbocycles. The molecule has 3 aromatic rings. The second-order valence-corrected chi connectivity index (χ2v) is 7.40. The molecule has 2 N–H and O–H groups in total. The van der Waals surface area contributed by atoms with Crippen molar-refractivity contribution in [3.8, 4) is 5.69 Å². The lowest BCUT2D eigenvalue weighted by atomic mass is 10.2. The number of hydrogen-bond donors (Lipinski definition) is 2. The lowest BCUT2D eigenvalue weighted by Crippen LogP contribution is -2.36. The molecule has 2 heterocycles. The summed E-state index contributed by atoms with van der Waals surface area (Å²) in [6, 6.07) is 12.1. The number of nitrogens with one attached hydrogen (secondary N) is 2. The SMILES string of the molecule is CCNC(=NCc1ccn(-c2ccccc2)n1)NCc1nc(C(C)C)cs1.I. The van der Waals surface area contributed by atoms with E-state index in [9.17, 15) is 0 Å². The summed E-state index contributed by atoms with van der Waals surface area (Å²) in [5, 5.41) is 14.4. The molecular formula is C20H27IN6S. The molecule has 0 unspecified atom stereocenters. The van der Waals surface area contributed by atoms with Gasteiger partial charge in [0.1, 0.15) is 5.01 Å². The highest BCUT2D eigenvalue weighted by Gasteiger charge is 2.07. The standard InChI is InChI=1S/C20H26N6S.HI/c1-4-21-20(23-13-19-24-18(14-27-19)15(2)3)22-12-16-10-11-26(25-16)17-8-6-5-7-9-17;/h5-11,14-15H,4,12-13H2,1-3H3,(H2,21,22,23);1H. The third kappa shape index (κ3) is 6.30. The predicted octanol–water partition coefficient (Wildman–Crippen LogP) is 4.33. The Labute approximate surface area is 187 Å². The van der Waals surface area contributed by atoms with Gasteiger partial charge in [-0.05, 0) is 31.0 Å². The maximum Gasteiger partial charge on any atom is 0.191 e. The molecule has 0 aliphatic heterocycles. The van der Waals surface area contributed by atoms with Crippen molar-refractivity contribution in [1.29, 1.82) is 0 Å². The number of nitrogens with zero attached hydrogens (tertiary/aromatic N) is 4. The fourth-order valence-corrected chi connectivity index (χ4v) is 3.40. The molecule has 150 valence electrons. The summed E-state index contributed by atoms with van der Waals surface area (Å²) in [5.41, 5.74) is 3.11. The van der Waals surface area contributed by atoms with Gasteiger partial charge in [-0.25, -0.2) is 14.7 Å². The lowest BCUT2D eigenvalue weighted by molar-refractivity contribution is 0.781. The molecule has 0 saturated carbocycles. The largest absolute Gasteiger partial charge is 0.357 e. The minimum atomic E-state index is 0. The molecule has 0 bridgehead atoms. The van der Waals surface area contributed by atoms with Gasteiger partial charge in [-0.2, -0.15) is 5.10 Å². The summed E-state index contributed by atoms with van der Waals surface area (Å²) in [6.07, 6.45) is 1.96. The van der Waals surface area contributed by atoms with Gasteiger partial charge < -0.3 is 10.6 Å². The van der Waals surface area contributed by atoms with Crippen molar-refractivity contribution in [2.75, 3.05) is 6.54 Å². The highest BCUT2D eigenvalue weighted by molar-refractivity contribution is 14.0. The Morgan fingerprint density at radius 3 is 2.64 bits per heavy atom. The average Bonchev–Trinajstić information content (AvgIpc) is 3.34. The Morgan fingerprint density at radius 2 is 1.96 bits per heavy atom. The van der Waals surface area contributed by atoms with E-state index in [1.165, 1.54) is 0 Å². The summed E-state index contributed by atoms with van der Waals surface area (Å²) in [7, 11) is 0. The van der Waals surface area contributed by atoms with Crippen molar-refractivity contribution in [2.24, 2.45) is 4.99 Å². The number of thiazole rings is 1. The Bertz CT molecular complexity index is 872. The van der Waals surface area contributed by atoms with Gasteiger partial charge in [0.2, 0.25) is 0 Å². The number of aromatic nitrogens is 3. The van der Waals surface area contributed by atoms with E-state index in [1.54, 1.807) is 11.3 Å². The van der Waals surface area contributed by atoms with Crippen LogP contribution in [0, 0.1) is 0 Å². The van der Waals surface area contributed by atoms with Crippen LogP contribution in [-0.2, 0) is 13.1 Å². The second kappa shape index (κ2) is 11.2. The first-order valence-electron chi connectivity index (χ1n) is 9.22. The molecule has 28 heavy (non-hydrogen) atoms. The van der Waals surface area contributed by atoms with Crippen LogP contribution in [0.2, 0.25) is 0 Å². The van der Waals surface area contributed by atoms with Gasteiger partial charge in [0, 0.05) is 18.1 Å². The van der Waals surface area contributed by atoms with Crippen molar-refractivity contribution < 1.29 is 0 Å². The predicted molar refractivity (Wildman–Crippen MR) is 127 cm³/mol. The number of guanidine groups is 1. The third-order valence-electron chi connectivity index (χ3n) is 3.98. The molecule has 0 aliphatic carbocycles. The van der Waals surface area contributed by atoms with E-state index < -0.39 is 0 Å². The van der Waals surface area contributed by atoms with Crippen LogP contribution in [0.4, 0.5) is 0 Å².